The van der Waals surface area contributed by atoms with E-state index in [-0.39, 0.29) is 24.0 Å². The third kappa shape index (κ3) is 2.92. The van der Waals surface area contributed by atoms with E-state index in [0.717, 1.165) is 43.7 Å². The average molecular weight is 316 g/mol. The van der Waals surface area contributed by atoms with E-state index < -0.39 is 0 Å². The number of nitrogens with one attached hydrogen (secondary N) is 1. The molecule has 0 aromatic carbocycles. The highest BCUT2D eigenvalue weighted by molar-refractivity contribution is 5.80. The van der Waals surface area contributed by atoms with Crippen molar-refractivity contribution in [1.29, 1.82) is 0 Å². The molecule has 1 saturated carbocycles. The van der Waals surface area contributed by atoms with E-state index in [1.54, 1.807) is 0 Å². The first kappa shape index (κ1) is 14.9. The van der Waals surface area contributed by atoms with Gasteiger partial charge in [-0.1, -0.05) is 6.92 Å². The quantitative estimate of drug-likeness (QED) is 0.907. The maximum Gasteiger partial charge on any atom is 0.226 e. The SMILES string of the molecule is CCc1cnc(N2C[C@@H]3C[C@H](C(=O)NC4CCC4)[C@H](C2)O3)nc1. The normalized spacial score (nSPS) is 30.1. The van der Waals surface area contributed by atoms with Crippen molar-refractivity contribution in [2.75, 3.05) is 18.0 Å². The maximum atomic E-state index is 12.5. The molecule has 2 aliphatic heterocycles. The van der Waals surface area contributed by atoms with Crippen LogP contribution in [-0.2, 0) is 16.0 Å². The highest BCUT2D eigenvalue weighted by Crippen LogP contribution is 2.33. The molecule has 0 spiro atoms. The fourth-order valence-corrected chi connectivity index (χ4v) is 3.65. The first-order valence-electron chi connectivity index (χ1n) is 8.74. The van der Waals surface area contributed by atoms with Crippen molar-refractivity contribution in [3.8, 4) is 0 Å². The number of nitrogens with zero attached hydrogens (tertiary/aromatic N) is 3. The molecule has 4 rings (SSSR count). The van der Waals surface area contributed by atoms with Gasteiger partial charge in [-0.3, -0.25) is 4.79 Å². The molecule has 1 N–H and O–H groups in total. The molecule has 3 heterocycles. The molecule has 6 heteroatoms. The summed E-state index contributed by atoms with van der Waals surface area (Å²) in [4.78, 5) is 23.6. The van der Waals surface area contributed by atoms with E-state index in [2.05, 4.69) is 27.1 Å². The van der Waals surface area contributed by atoms with Crippen LogP contribution in [-0.4, -0.2) is 47.2 Å². The molecule has 124 valence electrons. The Morgan fingerprint density at radius 2 is 2.13 bits per heavy atom. The Morgan fingerprint density at radius 1 is 1.35 bits per heavy atom. The van der Waals surface area contributed by atoms with Gasteiger partial charge in [0.25, 0.3) is 0 Å². The van der Waals surface area contributed by atoms with Crippen molar-refractivity contribution < 1.29 is 9.53 Å². The van der Waals surface area contributed by atoms with E-state index >= 15 is 0 Å². The van der Waals surface area contributed by atoms with Crippen molar-refractivity contribution >= 4 is 11.9 Å². The van der Waals surface area contributed by atoms with Crippen LogP contribution in [0.25, 0.3) is 0 Å². The lowest BCUT2D eigenvalue weighted by Crippen LogP contribution is -2.48. The molecule has 0 unspecified atom stereocenters. The summed E-state index contributed by atoms with van der Waals surface area (Å²) in [7, 11) is 0. The molecule has 1 aliphatic carbocycles. The minimum absolute atomic E-state index is 0.0273. The fraction of sp³-hybridized carbons (Fsp3) is 0.706. The van der Waals surface area contributed by atoms with Crippen molar-refractivity contribution in [3.63, 3.8) is 0 Å². The van der Waals surface area contributed by atoms with E-state index in [4.69, 9.17) is 4.74 Å². The van der Waals surface area contributed by atoms with Gasteiger partial charge in [0.2, 0.25) is 11.9 Å². The Bertz CT molecular complexity index is 572. The molecule has 3 aliphatic rings. The molecule has 23 heavy (non-hydrogen) atoms. The Hall–Kier alpha value is -1.69. The Balaban J connectivity index is 1.41. The Kier molecular flexibility index (Phi) is 3.93. The second-order valence-corrected chi connectivity index (χ2v) is 6.93. The van der Waals surface area contributed by atoms with Gasteiger partial charge in [-0.15, -0.1) is 0 Å². The summed E-state index contributed by atoms with van der Waals surface area (Å²) in [6.07, 6.45) is 9.08. The van der Waals surface area contributed by atoms with E-state index in [0.29, 0.717) is 12.6 Å². The van der Waals surface area contributed by atoms with Crippen LogP contribution in [0.1, 0.15) is 38.2 Å². The molecule has 3 fully saturated rings. The highest BCUT2D eigenvalue weighted by atomic mass is 16.5. The van der Waals surface area contributed by atoms with Crippen LogP contribution < -0.4 is 10.2 Å². The molecule has 1 aromatic heterocycles. The summed E-state index contributed by atoms with van der Waals surface area (Å²) >= 11 is 0. The summed E-state index contributed by atoms with van der Waals surface area (Å²) in [5, 5.41) is 3.17. The molecule has 6 nitrogen and oxygen atoms in total. The van der Waals surface area contributed by atoms with Gasteiger partial charge in [-0.25, -0.2) is 9.97 Å². The van der Waals surface area contributed by atoms with Gasteiger partial charge < -0.3 is 15.0 Å². The van der Waals surface area contributed by atoms with Gasteiger partial charge in [0.05, 0.1) is 18.1 Å². The van der Waals surface area contributed by atoms with Crippen molar-refractivity contribution in [2.24, 2.45) is 5.92 Å². The fourth-order valence-electron chi connectivity index (χ4n) is 3.65. The van der Waals surface area contributed by atoms with E-state index in [1.165, 1.54) is 6.42 Å². The molecule has 0 radical (unpaired) electrons. The number of ether oxygens (including phenoxy) is 1. The largest absolute Gasteiger partial charge is 0.370 e. The molecule has 3 atom stereocenters. The summed E-state index contributed by atoms with van der Waals surface area (Å²) < 4.78 is 6.00. The number of fused-ring (bicyclic) bond motifs is 2. The van der Waals surface area contributed by atoms with Crippen LogP contribution in [0.5, 0.6) is 0 Å². The smallest absolute Gasteiger partial charge is 0.226 e. The predicted molar refractivity (Wildman–Crippen MR) is 86.2 cm³/mol. The number of amides is 1. The molecule has 1 aromatic rings. The van der Waals surface area contributed by atoms with Crippen LogP contribution in [0, 0.1) is 5.92 Å². The minimum Gasteiger partial charge on any atom is -0.370 e. The van der Waals surface area contributed by atoms with Crippen molar-refractivity contribution in [3.05, 3.63) is 18.0 Å². The van der Waals surface area contributed by atoms with Gasteiger partial charge in [0, 0.05) is 31.5 Å². The lowest BCUT2D eigenvalue weighted by Gasteiger charge is -2.33. The Morgan fingerprint density at radius 3 is 2.78 bits per heavy atom. The minimum atomic E-state index is -0.0386. The first-order chi connectivity index (χ1) is 11.2. The van der Waals surface area contributed by atoms with Gasteiger partial charge in [0.1, 0.15) is 0 Å². The number of morpholine rings is 1. The van der Waals surface area contributed by atoms with Gasteiger partial charge in [-0.05, 0) is 37.7 Å². The van der Waals surface area contributed by atoms with E-state index in [9.17, 15) is 4.79 Å². The monoisotopic (exact) mass is 316 g/mol. The van der Waals surface area contributed by atoms with Gasteiger partial charge in [0.15, 0.2) is 0 Å². The number of hydrogen-bond donors (Lipinski definition) is 1. The summed E-state index contributed by atoms with van der Waals surface area (Å²) in [6, 6.07) is 0.393. The second-order valence-electron chi connectivity index (χ2n) is 6.93. The Labute approximate surface area is 136 Å². The van der Waals surface area contributed by atoms with Crippen LogP contribution in [0.3, 0.4) is 0 Å². The van der Waals surface area contributed by atoms with Crippen LogP contribution in [0.15, 0.2) is 12.4 Å². The second kappa shape index (κ2) is 6.07. The summed E-state index contributed by atoms with van der Waals surface area (Å²) in [6.45, 7) is 3.57. The number of rotatable bonds is 4. The number of aryl methyl sites for hydroxylation is 1. The third-order valence-electron chi connectivity index (χ3n) is 5.33. The average Bonchev–Trinajstić information content (AvgIpc) is 2.85. The van der Waals surface area contributed by atoms with Crippen LogP contribution in [0.2, 0.25) is 0 Å². The zero-order valence-electron chi connectivity index (χ0n) is 13.6. The zero-order valence-corrected chi connectivity index (χ0v) is 13.6. The first-order valence-corrected chi connectivity index (χ1v) is 8.74. The highest BCUT2D eigenvalue weighted by Gasteiger charge is 2.45. The molecular formula is C17H24N4O2. The van der Waals surface area contributed by atoms with Gasteiger partial charge >= 0.3 is 0 Å². The number of hydrogen-bond acceptors (Lipinski definition) is 5. The standard InChI is InChI=1S/C17H24N4O2/c1-2-11-7-18-17(19-8-11)21-9-13-6-14(15(10-21)23-13)16(22)20-12-4-3-5-12/h7-8,12-15H,2-6,9-10H2,1H3,(H,20,22)/t13-,14-,15-/m0/s1. The molecular weight excluding hydrogens is 292 g/mol. The van der Waals surface area contributed by atoms with Crippen LogP contribution in [0.4, 0.5) is 5.95 Å². The molecule has 2 bridgehead atoms. The topological polar surface area (TPSA) is 67.4 Å². The number of anilines is 1. The summed E-state index contributed by atoms with van der Waals surface area (Å²) in [5.74, 6) is 0.896. The van der Waals surface area contributed by atoms with Crippen LogP contribution >= 0.6 is 0 Å². The predicted octanol–water partition coefficient (Wildman–Crippen LogP) is 1.30. The van der Waals surface area contributed by atoms with Crippen molar-refractivity contribution in [1.82, 2.24) is 15.3 Å². The van der Waals surface area contributed by atoms with Crippen molar-refractivity contribution in [2.45, 2.75) is 57.3 Å². The molecule has 2 saturated heterocycles. The summed E-state index contributed by atoms with van der Waals surface area (Å²) in [5.41, 5.74) is 1.14. The lowest BCUT2D eigenvalue weighted by molar-refractivity contribution is -0.128. The third-order valence-corrected chi connectivity index (χ3v) is 5.33. The van der Waals surface area contributed by atoms with E-state index in [1.807, 2.05) is 12.4 Å². The number of aromatic nitrogens is 2. The zero-order chi connectivity index (χ0) is 15.8. The number of carbonyl (C=O) groups is 1. The maximum absolute atomic E-state index is 12.5. The molecule has 1 amide bonds. The lowest BCUT2D eigenvalue weighted by atomic mass is 9.91. The number of carbonyl (C=O) groups excluding carboxylic acids is 1. The van der Waals surface area contributed by atoms with Gasteiger partial charge in [-0.2, -0.15) is 0 Å².